The van der Waals surface area contributed by atoms with Gasteiger partial charge in [0.2, 0.25) is 10.0 Å². The highest BCUT2D eigenvalue weighted by atomic mass is 32.2. The molecule has 0 saturated heterocycles. The van der Waals surface area contributed by atoms with Gasteiger partial charge in [0.25, 0.3) is 5.91 Å². The molecular formula is C15H18N2O4S2. The number of sulfonamides is 1. The van der Waals surface area contributed by atoms with Gasteiger partial charge in [-0.05, 0) is 49.2 Å². The van der Waals surface area contributed by atoms with E-state index in [1.807, 2.05) is 32.0 Å². The van der Waals surface area contributed by atoms with Crippen molar-refractivity contribution >= 4 is 27.3 Å². The number of benzene rings is 1. The number of ether oxygens (including phenoxy) is 1. The lowest BCUT2D eigenvalue weighted by Gasteiger charge is -2.08. The minimum Gasteiger partial charge on any atom is -0.484 e. The van der Waals surface area contributed by atoms with Gasteiger partial charge in [-0.1, -0.05) is 6.07 Å². The molecule has 1 amide bonds. The van der Waals surface area contributed by atoms with Crippen molar-refractivity contribution in [3.63, 3.8) is 0 Å². The van der Waals surface area contributed by atoms with Crippen LogP contribution in [0.5, 0.6) is 5.75 Å². The Labute approximate surface area is 139 Å². The Hall–Kier alpha value is -1.90. The second kappa shape index (κ2) is 7.12. The average Bonchev–Trinajstić information content (AvgIpc) is 2.91. The number of rotatable bonds is 6. The van der Waals surface area contributed by atoms with Gasteiger partial charge in [-0.25, -0.2) is 13.6 Å². The first-order valence-corrected chi connectivity index (χ1v) is 9.19. The van der Waals surface area contributed by atoms with E-state index in [0.717, 1.165) is 22.5 Å². The number of thiophene rings is 1. The fourth-order valence-electron chi connectivity index (χ4n) is 2.01. The van der Waals surface area contributed by atoms with Crippen LogP contribution in [0.25, 0.3) is 0 Å². The molecule has 0 unspecified atom stereocenters. The molecule has 124 valence electrons. The van der Waals surface area contributed by atoms with E-state index in [4.69, 9.17) is 9.88 Å². The summed E-state index contributed by atoms with van der Waals surface area (Å²) in [5.74, 6) is 0.361. The zero-order valence-electron chi connectivity index (χ0n) is 12.8. The largest absolute Gasteiger partial charge is 0.484 e. The zero-order chi connectivity index (χ0) is 17.0. The second-order valence-electron chi connectivity index (χ2n) is 5.15. The molecule has 0 radical (unpaired) electrons. The molecule has 3 N–H and O–H groups in total. The predicted molar refractivity (Wildman–Crippen MR) is 88.9 cm³/mol. The first kappa shape index (κ1) is 17.5. The van der Waals surface area contributed by atoms with Gasteiger partial charge in [-0.15, -0.1) is 11.3 Å². The first-order chi connectivity index (χ1) is 10.7. The molecule has 0 aliphatic rings. The maximum atomic E-state index is 11.8. The summed E-state index contributed by atoms with van der Waals surface area (Å²) in [6.45, 7) is 4.05. The van der Waals surface area contributed by atoms with Gasteiger partial charge in [-0.2, -0.15) is 0 Å². The number of nitrogens with one attached hydrogen (secondary N) is 1. The van der Waals surface area contributed by atoms with Gasteiger partial charge in [0.1, 0.15) is 9.96 Å². The summed E-state index contributed by atoms with van der Waals surface area (Å²) in [7, 11) is -3.69. The van der Waals surface area contributed by atoms with Gasteiger partial charge < -0.3 is 10.1 Å². The quantitative estimate of drug-likeness (QED) is 0.825. The molecule has 0 aliphatic heterocycles. The van der Waals surface area contributed by atoms with Crippen molar-refractivity contribution in [2.24, 2.45) is 5.14 Å². The summed E-state index contributed by atoms with van der Waals surface area (Å²) < 4.78 is 27.9. The van der Waals surface area contributed by atoms with E-state index < -0.39 is 10.0 Å². The summed E-state index contributed by atoms with van der Waals surface area (Å²) in [5, 5.41) is 7.71. The van der Waals surface area contributed by atoms with Crippen molar-refractivity contribution in [3.05, 3.63) is 46.3 Å². The first-order valence-electron chi connectivity index (χ1n) is 6.83. The second-order valence-corrected chi connectivity index (χ2v) is 8.11. The zero-order valence-corrected chi connectivity index (χ0v) is 14.5. The van der Waals surface area contributed by atoms with Crippen LogP contribution in [0.3, 0.4) is 0 Å². The standard InChI is InChI=1S/C15H18N2O4S2/c1-10-5-11(2)7-12(6-10)21-9-14(18)17-8-13-3-4-15(22-13)23(16,19)20/h3-7H,8-9H2,1-2H3,(H,17,18)(H2,16,19,20). The Kier molecular flexibility index (Phi) is 5.40. The number of carbonyl (C=O) groups is 1. The Morgan fingerprint density at radius 3 is 2.43 bits per heavy atom. The summed E-state index contributed by atoms with van der Waals surface area (Å²) in [4.78, 5) is 12.5. The Balaban J connectivity index is 1.84. The molecule has 2 rings (SSSR count). The predicted octanol–water partition coefficient (Wildman–Crippen LogP) is 1.71. The minimum absolute atomic E-state index is 0.0771. The highest BCUT2D eigenvalue weighted by Gasteiger charge is 2.11. The number of amides is 1. The molecule has 0 fully saturated rings. The van der Waals surface area contributed by atoms with Crippen LogP contribution in [-0.2, 0) is 21.4 Å². The fraction of sp³-hybridized carbons (Fsp3) is 0.267. The van der Waals surface area contributed by atoms with Crippen LogP contribution in [0.2, 0.25) is 0 Å². The molecule has 0 saturated carbocycles. The molecule has 1 heterocycles. The maximum absolute atomic E-state index is 11.8. The molecule has 0 bridgehead atoms. The van der Waals surface area contributed by atoms with E-state index in [-0.39, 0.29) is 23.3 Å². The van der Waals surface area contributed by atoms with Crippen LogP contribution >= 0.6 is 11.3 Å². The van der Waals surface area contributed by atoms with Crippen molar-refractivity contribution < 1.29 is 17.9 Å². The summed E-state index contributed by atoms with van der Waals surface area (Å²) in [6.07, 6.45) is 0. The monoisotopic (exact) mass is 354 g/mol. The highest BCUT2D eigenvalue weighted by molar-refractivity contribution is 7.91. The Morgan fingerprint density at radius 1 is 1.22 bits per heavy atom. The van der Waals surface area contributed by atoms with E-state index in [2.05, 4.69) is 5.32 Å². The van der Waals surface area contributed by atoms with Crippen molar-refractivity contribution in [3.8, 4) is 5.75 Å². The molecule has 0 atom stereocenters. The third-order valence-corrected chi connectivity index (χ3v) is 5.47. The third-order valence-electron chi connectivity index (χ3n) is 2.94. The van der Waals surface area contributed by atoms with Gasteiger partial charge in [0.15, 0.2) is 6.61 Å². The molecule has 8 heteroatoms. The third kappa shape index (κ3) is 5.34. The topological polar surface area (TPSA) is 98.5 Å². The molecule has 0 spiro atoms. The lowest BCUT2D eigenvalue weighted by atomic mass is 10.1. The van der Waals surface area contributed by atoms with E-state index in [1.54, 1.807) is 6.07 Å². The Morgan fingerprint density at radius 2 is 1.87 bits per heavy atom. The normalized spacial score (nSPS) is 11.3. The van der Waals surface area contributed by atoms with Gasteiger partial charge in [0, 0.05) is 4.88 Å². The number of carbonyl (C=O) groups excluding carboxylic acids is 1. The molecular weight excluding hydrogens is 336 g/mol. The average molecular weight is 354 g/mol. The van der Waals surface area contributed by atoms with Crippen molar-refractivity contribution in [2.75, 3.05) is 6.61 Å². The summed E-state index contributed by atoms with van der Waals surface area (Å²) in [5.41, 5.74) is 2.13. The summed E-state index contributed by atoms with van der Waals surface area (Å²) in [6, 6.07) is 8.78. The number of nitrogens with two attached hydrogens (primary N) is 1. The molecule has 23 heavy (non-hydrogen) atoms. The van der Waals surface area contributed by atoms with Gasteiger partial charge in [0.05, 0.1) is 6.54 Å². The molecule has 0 aliphatic carbocycles. The SMILES string of the molecule is Cc1cc(C)cc(OCC(=O)NCc2ccc(S(N)(=O)=O)s2)c1. The van der Waals surface area contributed by atoms with Crippen LogP contribution in [0.4, 0.5) is 0 Å². The number of primary sulfonamides is 1. The van der Waals surface area contributed by atoms with Gasteiger partial charge in [-0.3, -0.25) is 4.79 Å². The van der Waals surface area contributed by atoms with Crippen molar-refractivity contribution in [1.29, 1.82) is 0 Å². The maximum Gasteiger partial charge on any atom is 0.258 e. The number of aryl methyl sites for hydroxylation is 2. The molecule has 6 nitrogen and oxygen atoms in total. The van der Waals surface area contributed by atoms with Crippen LogP contribution in [0.15, 0.2) is 34.5 Å². The number of hydrogen-bond acceptors (Lipinski definition) is 5. The van der Waals surface area contributed by atoms with Crippen LogP contribution in [0, 0.1) is 13.8 Å². The van der Waals surface area contributed by atoms with Gasteiger partial charge >= 0.3 is 0 Å². The molecule has 1 aromatic carbocycles. The molecule has 2 aromatic rings. The van der Waals surface area contributed by atoms with E-state index >= 15 is 0 Å². The van der Waals surface area contributed by atoms with E-state index in [9.17, 15) is 13.2 Å². The van der Waals surface area contributed by atoms with E-state index in [0.29, 0.717) is 10.6 Å². The lowest BCUT2D eigenvalue weighted by Crippen LogP contribution is -2.28. The fourth-order valence-corrected chi connectivity index (χ4v) is 3.73. The minimum atomic E-state index is -3.69. The summed E-state index contributed by atoms with van der Waals surface area (Å²) >= 11 is 1.03. The lowest BCUT2D eigenvalue weighted by molar-refractivity contribution is -0.123. The van der Waals surface area contributed by atoms with Crippen molar-refractivity contribution in [2.45, 2.75) is 24.6 Å². The highest BCUT2D eigenvalue weighted by Crippen LogP contribution is 2.20. The van der Waals surface area contributed by atoms with Crippen molar-refractivity contribution in [1.82, 2.24) is 5.32 Å². The van der Waals surface area contributed by atoms with Crippen LogP contribution in [-0.4, -0.2) is 20.9 Å². The smallest absolute Gasteiger partial charge is 0.258 e. The number of hydrogen-bond donors (Lipinski definition) is 2. The van der Waals surface area contributed by atoms with E-state index in [1.165, 1.54) is 6.07 Å². The Bertz CT molecular complexity index is 792. The van der Waals surface area contributed by atoms with Crippen LogP contribution < -0.4 is 15.2 Å². The molecule has 1 aromatic heterocycles. The van der Waals surface area contributed by atoms with Crippen LogP contribution in [0.1, 0.15) is 16.0 Å².